The van der Waals surface area contributed by atoms with Gasteiger partial charge in [-0.05, 0) is 47.5 Å². The minimum absolute atomic E-state index is 0.0216. The zero-order valence-corrected chi connectivity index (χ0v) is 19.2. The second-order valence-electron chi connectivity index (χ2n) is 8.35. The number of hydrogen-bond donors (Lipinski definition) is 3. The number of nitrogen functional groups attached to an aromatic ring is 1. The van der Waals surface area contributed by atoms with Gasteiger partial charge in [0.15, 0.2) is 18.2 Å². The zero-order chi connectivity index (χ0) is 25.7. The van der Waals surface area contributed by atoms with Crippen molar-refractivity contribution < 1.29 is 27.1 Å². The molecule has 36 heavy (non-hydrogen) atoms. The summed E-state index contributed by atoms with van der Waals surface area (Å²) in [7, 11) is 0. The first-order chi connectivity index (χ1) is 17.2. The molecule has 1 aliphatic heterocycles. The summed E-state index contributed by atoms with van der Waals surface area (Å²) in [6.45, 7) is 2.33. The smallest absolute Gasteiger partial charge is 0.416 e. The SMILES string of the molecule is Nc1ccc(-c2ccc(OCC(=O)Nc3ccc(CN4CCNCC4)c(C(F)(F)F)c3)c(F)c2)cn1. The van der Waals surface area contributed by atoms with Gasteiger partial charge in [-0.2, -0.15) is 13.2 Å². The molecule has 0 aliphatic carbocycles. The van der Waals surface area contributed by atoms with Crippen LogP contribution in [0.3, 0.4) is 0 Å². The molecule has 2 aromatic carbocycles. The van der Waals surface area contributed by atoms with E-state index in [1.807, 2.05) is 4.90 Å². The van der Waals surface area contributed by atoms with Gasteiger partial charge >= 0.3 is 6.18 Å². The number of alkyl halides is 3. The van der Waals surface area contributed by atoms with E-state index in [1.165, 1.54) is 30.5 Å². The normalized spacial score (nSPS) is 14.4. The van der Waals surface area contributed by atoms with Gasteiger partial charge in [-0.1, -0.05) is 12.1 Å². The number of hydrogen-bond acceptors (Lipinski definition) is 6. The molecule has 1 fully saturated rings. The summed E-state index contributed by atoms with van der Waals surface area (Å²) >= 11 is 0. The molecule has 3 aromatic rings. The molecule has 1 amide bonds. The van der Waals surface area contributed by atoms with Gasteiger partial charge in [0.05, 0.1) is 5.56 Å². The third kappa shape index (κ3) is 6.49. The van der Waals surface area contributed by atoms with Crippen molar-refractivity contribution in [2.24, 2.45) is 0 Å². The highest BCUT2D eigenvalue weighted by atomic mass is 19.4. The van der Waals surface area contributed by atoms with Crippen LogP contribution < -0.4 is 21.1 Å². The number of nitrogens with zero attached hydrogens (tertiary/aromatic N) is 2. The fourth-order valence-electron chi connectivity index (χ4n) is 3.88. The maximum Gasteiger partial charge on any atom is 0.416 e. The zero-order valence-electron chi connectivity index (χ0n) is 19.2. The Balaban J connectivity index is 1.39. The number of rotatable bonds is 7. The topological polar surface area (TPSA) is 92.5 Å². The van der Waals surface area contributed by atoms with Crippen LogP contribution in [0.15, 0.2) is 54.7 Å². The van der Waals surface area contributed by atoms with Crippen LogP contribution in [0.2, 0.25) is 0 Å². The summed E-state index contributed by atoms with van der Waals surface area (Å²) in [6.07, 6.45) is -3.08. The van der Waals surface area contributed by atoms with E-state index in [2.05, 4.69) is 15.6 Å². The Morgan fingerprint density at radius 2 is 1.83 bits per heavy atom. The molecule has 4 N–H and O–H groups in total. The second kappa shape index (κ2) is 10.9. The number of halogens is 4. The highest BCUT2D eigenvalue weighted by molar-refractivity contribution is 5.92. The van der Waals surface area contributed by atoms with E-state index >= 15 is 0 Å². The Bertz CT molecular complexity index is 1210. The first-order valence-electron chi connectivity index (χ1n) is 11.3. The van der Waals surface area contributed by atoms with E-state index in [0.29, 0.717) is 30.0 Å². The predicted octanol–water partition coefficient (Wildman–Crippen LogP) is 3.91. The molecule has 0 bridgehead atoms. The molecule has 1 aromatic heterocycles. The lowest BCUT2D eigenvalue weighted by Crippen LogP contribution is -2.43. The van der Waals surface area contributed by atoms with Crippen molar-refractivity contribution in [1.82, 2.24) is 15.2 Å². The third-order valence-electron chi connectivity index (χ3n) is 5.71. The summed E-state index contributed by atoms with van der Waals surface area (Å²) in [5.41, 5.74) is 6.05. The Labute approximate surface area is 205 Å². The summed E-state index contributed by atoms with van der Waals surface area (Å²) in [4.78, 5) is 18.2. The van der Waals surface area contributed by atoms with Crippen molar-refractivity contribution in [3.8, 4) is 16.9 Å². The van der Waals surface area contributed by atoms with E-state index in [4.69, 9.17) is 10.5 Å². The summed E-state index contributed by atoms with van der Waals surface area (Å²) in [5, 5.41) is 5.55. The van der Waals surface area contributed by atoms with Crippen molar-refractivity contribution in [3.05, 3.63) is 71.7 Å². The molecule has 4 rings (SSSR count). The first kappa shape index (κ1) is 25.4. The van der Waals surface area contributed by atoms with Crippen LogP contribution in [0.5, 0.6) is 5.75 Å². The Morgan fingerprint density at radius 3 is 2.50 bits per heavy atom. The van der Waals surface area contributed by atoms with Crippen LogP contribution >= 0.6 is 0 Å². The van der Waals surface area contributed by atoms with Crippen molar-refractivity contribution in [1.29, 1.82) is 0 Å². The van der Waals surface area contributed by atoms with Crippen LogP contribution in [0, 0.1) is 5.82 Å². The molecule has 1 saturated heterocycles. The summed E-state index contributed by atoms with van der Waals surface area (Å²) in [6, 6.07) is 11.2. The number of anilines is 2. The van der Waals surface area contributed by atoms with E-state index < -0.39 is 30.1 Å². The summed E-state index contributed by atoms with van der Waals surface area (Å²) in [5.74, 6) is -1.25. The van der Waals surface area contributed by atoms with E-state index in [1.54, 1.807) is 18.2 Å². The standard InChI is InChI=1S/C25H25F4N5O2/c26-21-11-16(17-3-6-23(30)32-13-17)2-5-22(21)36-15-24(35)33-19-4-1-18(20(12-19)25(27,28)29)14-34-9-7-31-8-10-34/h1-6,11-13,31H,7-10,14-15H2,(H2,30,32)(H,33,35). The number of amides is 1. The molecule has 11 heteroatoms. The number of aromatic nitrogens is 1. The highest BCUT2D eigenvalue weighted by Crippen LogP contribution is 2.34. The molecule has 0 spiro atoms. The molecule has 0 radical (unpaired) electrons. The fourth-order valence-corrected chi connectivity index (χ4v) is 3.88. The van der Waals surface area contributed by atoms with E-state index in [9.17, 15) is 22.4 Å². The third-order valence-corrected chi connectivity index (χ3v) is 5.71. The van der Waals surface area contributed by atoms with Crippen LogP contribution in [-0.4, -0.2) is 48.6 Å². The molecular weight excluding hydrogens is 478 g/mol. The minimum Gasteiger partial charge on any atom is -0.481 e. The highest BCUT2D eigenvalue weighted by Gasteiger charge is 2.34. The number of ether oxygens (including phenoxy) is 1. The Kier molecular flexibility index (Phi) is 7.70. The summed E-state index contributed by atoms with van der Waals surface area (Å²) < 4.78 is 60.8. The molecular formula is C25H25F4N5O2. The molecule has 0 saturated carbocycles. The number of nitrogens with one attached hydrogen (secondary N) is 2. The quantitative estimate of drug-likeness (QED) is 0.424. The van der Waals surface area contributed by atoms with Crippen LogP contribution in [0.4, 0.5) is 29.1 Å². The van der Waals surface area contributed by atoms with Gasteiger partial charge in [-0.3, -0.25) is 9.69 Å². The van der Waals surface area contributed by atoms with Crippen molar-refractivity contribution >= 4 is 17.4 Å². The lowest BCUT2D eigenvalue weighted by atomic mass is 10.0. The number of carbonyl (C=O) groups is 1. The molecule has 7 nitrogen and oxygen atoms in total. The molecule has 0 atom stereocenters. The van der Waals surface area contributed by atoms with Gasteiger partial charge in [0.1, 0.15) is 5.82 Å². The molecule has 190 valence electrons. The van der Waals surface area contributed by atoms with Crippen molar-refractivity contribution in [2.75, 3.05) is 43.8 Å². The molecule has 1 aliphatic rings. The lowest BCUT2D eigenvalue weighted by Gasteiger charge is -2.28. The van der Waals surface area contributed by atoms with Crippen molar-refractivity contribution in [3.63, 3.8) is 0 Å². The average molecular weight is 504 g/mol. The van der Waals surface area contributed by atoms with Crippen LogP contribution in [0.1, 0.15) is 11.1 Å². The monoisotopic (exact) mass is 503 g/mol. The van der Waals surface area contributed by atoms with Gasteiger partial charge in [-0.15, -0.1) is 0 Å². The van der Waals surface area contributed by atoms with Gasteiger partial charge in [0.2, 0.25) is 0 Å². The van der Waals surface area contributed by atoms with E-state index in [0.717, 1.165) is 19.2 Å². The molecule has 2 heterocycles. The number of pyridine rings is 1. The first-order valence-corrected chi connectivity index (χ1v) is 11.3. The second-order valence-corrected chi connectivity index (χ2v) is 8.35. The van der Waals surface area contributed by atoms with Gasteiger partial charge < -0.3 is 21.1 Å². The van der Waals surface area contributed by atoms with Gasteiger partial charge in [0, 0.05) is 50.2 Å². The van der Waals surface area contributed by atoms with Crippen LogP contribution in [0.25, 0.3) is 11.1 Å². The Morgan fingerprint density at radius 1 is 1.08 bits per heavy atom. The van der Waals surface area contributed by atoms with Gasteiger partial charge in [0.25, 0.3) is 5.91 Å². The van der Waals surface area contributed by atoms with Crippen molar-refractivity contribution in [2.45, 2.75) is 12.7 Å². The minimum atomic E-state index is -4.58. The van der Waals surface area contributed by atoms with E-state index in [-0.39, 0.29) is 23.5 Å². The van der Waals surface area contributed by atoms with Crippen LogP contribution in [-0.2, 0) is 17.5 Å². The number of carbonyl (C=O) groups excluding carboxylic acids is 1. The number of nitrogens with two attached hydrogens (primary N) is 1. The number of piperazine rings is 1. The van der Waals surface area contributed by atoms with Gasteiger partial charge in [-0.25, -0.2) is 9.37 Å². The largest absolute Gasteiger partial charge is 0.481 e. The Hall–Kier alpha value is -3.70. The maximum absolute atomic E-state index is 14.5. The fraction of sp³-hybridized carbons (Fsp3) is 0.280. The average Bonchev–Trinajstić information content (AvgIpc) is 2.85. The lowest BCUT2D eigenvalue weighted by molar-refractivity contribution is -0.138. The number of benzene rings is 2. The maximum atomic E-state index is 14.5. The molecule has 0 unspecified atom stereocenters. The predicted molar refractivity (Wildman–Crippen MR) is 128 cm³/mol.